The number of likely N-dealkylation sites (tertiary alicyclic amines) is 2. The van der Waals surface area contributed by atoms with Gasteiger partial charge in [0.05, 0.1) is 0 Å². The number of rotatable bonds is 5. The molecule has 17 heavy (non-hydrogen) atoms. The Morgan fingerprint density at radius 3 is 2.53 bits per heavy atom. The van der Waals surface area contributed by atoms with Crippen LogP contribution in [0.1, 0.15) is 38.5 Å². The maximum atomic E-state index is 5.73. The largest absolute Gasteiger partial charge is 0.330 e. The fourth-order valence-electron chi connectivity index (χ4n) is 3.81. The van der Waals surface area contributed by atoms with E-state index in [1.807, 2.05) is 0 Å². The fourth-order valence-corrected chi connectivity index (χ4v) is 3.81. The molecule has 0 radical (unpaired) electrons. The van der Waals surface area contributed by atoms with Crippen molar-refractivity contribution in [2.24, 2.45) is 11.1 Å². The van der Waals surface area contributed by atoms with Crippen LogP contribution in [-0.2, 0) is 0 Å². The van der Waals surface area contributed by atoms with Gasteiger partial charge in [-0.05, 0) is 70.1 Å². The average molecular weight is 237 g/mol. The topological polar surface area (TPSA) is 32.5 Å². The third-order valence-corrected chi connectivity index (χ3v) is 5.10. The highest BCUT2D eigenvalue weighted by molar-refractivity contribution is 4.98. The summed E-state index contributed by atoms with van der Waals surface area (Å²) in [5.74, 6) is 0. The van der Waals surface area contributed by atoms with Gasteiger partial charge in [0.25, 0.3) is 0 Å². The van der Waals surface area contributed by atoms with E-state index in [0.717, 1.165) is 12.6 Å². The van der Waals surface area contributed by atoms with E-state index in [-0.39, 0.29) is 0 Å². The van der Waals surface area contributed by atoms with Crippen molar-refractivity contribution in [1.29, 1.82) is 0 Å². The van der Waals surface area contributed by atoms with Crippen LogP contribution in [0.5, 0.6) is 0 Å². The Morgan fingerprint density at radius 2 is 1.88 bits per heavy atom. The van der Waals surface area contributed by atoms with E-state index in [4.69, 9.17) is 5.73 Å². The predicted molar refractivity (Wildman–Crippen MR) is 71.0 cm³/mol. The molecule has 3 heteroatoms. The normalized spacial score (nSPS) is 33.4. The molecule has 1 aliphatic carbocycles. The molecule has 2 heterocycles. The summed E-state index contributed by atoms with van der Waals surface area (Å²) >= 11 is 0. The average Bonchev–Trinajstić information content (AvgIpc) is 2.78. The Balaban J connectivity index is 1.47. The summed E-state index contributed by atoms with van der Waals surface area (Å²) in [6.07, 6.45) is 8.35. The summed E-state index contributed by atoms with van der Waals surface area (Å²) in [4.78, 5) is 5.44. The Kier molecular flexibility index (Phi) is 3.42. The van der Waals surface area contributed by atoms with Crippen LogP contribution in [0.25, 0.3) is 0 Å². The maximum Gasteiger partial charge on any atom is 0.0235 e. The third-order valence-electron chi connectivity index (χ3n) is 5.10. The first kappa shape index (κ1) is 11.9. The maximum absolute atomic E-state index is 5.73. The zero-order valence-electron chi connectivity index (χ0n) is 11.0. The van der Waals surface area contributed by atoms with Crippen LogP contribution in [0.2, 0.25) is 0 Å². The van der Waals surface area contributed by atoms with Gasteiger partial charge in [0, 0.05) is 19.1 Å². The lowest BCUT2D eigenvalue weighted by Crippen LogP contribution is -2.37. The van der Waals surface area contributed by atoms with E-state index in [9.17, 15) is 0 Å². The molecule has 3 nitrogen and oxygen atoms in total. The van der Waals surface area contributed by atoms with Crippen LogP contribution in [0.4, 0.5) is 0 Å². The summed E-state index contributed by atoms with van der Waals surface area (Å²) < 4.78 is 0. The smallest absolute Gasteiger partial charge is 0.0235 e. The summed E-state index contributed by atoms with van der Waals surface area (Å²) in [7, 11) is 0. The van der Waals surface area contributed by atoms with Crippen LogP contribution in [-0.4, -0.2) is 55.1 Å². The Morgan fingerprint density at radius 1 is 1.12 bits per heavy atom. The predicted octanol–water partition coefficient (Wildman–Crippen LogP) is 1.29. The van der Waals surface area contributed by atoms with Crippen LogP contribution in [0.3, 0.4) is 0 Å². The molecule has 3 rings (SSSR count). The van der Waals surface area contributed by atoms with Gasteiger partial charge < -0.3 is 10.6 Å². The minimum Gasteiger partial charge on any atom is -0.330 e. The first-order valence-electron chi connectivity index (χ1n) is 7.48. The molecule has 0 aromatic heterocycles. The zero-order chi connectivity index (χ0) is 11.7. The zero-order valence-corrected chi connectivity index (χ0v) is 11.0. The molecule has 2 N–H and O–H groups in total. The summed E-state index contributed by atoms with van der Waals surface area (Å²) in [6, 6.07) is 0.867. The van der Waals surface area contributed by atoms with Gasteiger partial charge in [0.1, 0.15) is 0 Å². The quantitative estimate of drug-likeness (QED) is 0.782. The highest BCUT2D eigenvalue weighted by Gasteiger charge is 2.44. The van der Waals surface area contributed by atoms with E-state index in [0.29, 0.717) is 5.41 Å². The fraction of sp³-hybridized carbons (Fsp3) is 1.00. The van der Waals surface area contributed by atoms with E-state index in [1.165, 1.54) is 71.2 Å². The molecule has 2 saturated heterocycles. The summed E-state index contributed by atoms with van der Waals surface area (Å²) in [5.41, 5.74) is 6.36. The minimum absolute atomic E-state index is 0.634. The number of hydrogen-bond acceptors (Lipinski definition) is 3. The van der Waals surface area contributed by atoms with Crippen molar-refractivity contribution in [3.05, 3.63) is 0 Å². The van der Waals surface area contributed by atoms with Crippen molar-refractivity contribution in [3.8, 4) is 0 Å². The lowest BCUT2D eigenvalue weighted by atomic mass is 10.0. The summed E-state index contributed by atoms with van der Waals surface area (Å²) in [5, 5.41) is 0. The van der Waals surface area contributed by atoms with Gasteiger partial charge in [-0.25, -0.2) is 0 Å². The van der Waals surface area contributed by atoms with Gasteiger partial charge in [0.15, 0.2) is 0 Å². The van der Waals surface area contributed by atoms with Gasteiger partial charge in [-0.2, -0.15) is 0 Å². The van der Waals surface area contributed by atoms with E-state index in [2.05, 4.69) is 9.80 Å². The number of nitrogens with zero attached hydrogens (tertiary/aromatic N) is 2. The second-order valence-corrected chi connectivity index (χ2v) is 6.46. The lowest BCUT2D eigenvalue weighted by molar-refractivity contribution is 0.210. The van der Waals surface area contributed by atoms with Crippen molar-refractivity contribution in [3.63, 3.8) is 0 Å². The molecule has 3 fully saturated rings. The van der Waals surface area contributed by atoms with Crippen molar-refractivity contribution in [2.75, 3.05) is 39.3 Å². The molecule has 1 atom stereocenters. The van der Waals surface area contributed by atoms with Gasteiger partial charge in [-0.1, -0.05) is 0 Å². The third kappa shape index (κ3) is 2.67. The Bertz CT molecular complexity index is 256. The van der Waals surface area contributed by atoms with E-state index in [1.54, 1.807) is 0 Å². The van der Waals surface area contributed by atoms with Gasteiger partial charge in [-0.3, -0.25) is 4.90 Å². The molecular formula is C14H27N3. The molecule has 1 unspecified atom stereocenters. The van der Waals surface area contributed by atoms with Gasteiger partial charge in [0.2, 0.25) is 0 Å². The van der Waals surface area contributed by atoms with Crippen LogP contribution in [0, 0.1) is 5.41 Å². The van der Waals surface area contributed by atoms with Crippen molar-refractivity contribution in [2.45, 2.75) is 44.6 Å². The van der Waals surface area contributed by atoms with Crippen molar-refractivity contribution >= 4 is 0 Å². The second-order valence-electron chi connectivity index (χ2n) is 6.46. The SMILES string of the molecule is NCCC1(CN2CCC(N3CCCC3)C2)CC1. The highest BCUT2D eigenvalue weighted by atomic mass is 15.3. The first-order valence-corrected chi connectivity index (χ1v) is 7.48. The molecule has 0 amide bonds. The molecule has 0 aromatic carbocycles. The first-order chi connectivity index (χ1) is 8.31. The Labute approximate surface area is 105 Å². The molecule has 98 valence electrons. The molecular weight excluding hydrogens is 210 g/mol. The minimum atomic E-state index is 0.634. The lowest BCUT2D eigenvalue weighted by Gasteiger charge is -2.26. The standard InChI is InChI=1S/C14H27N3/c15-7-6-14(4-5-14)12-16-10-3-13(11-16)17-8-1-2-9-17/h13H,1-12,15H2. The molecule has 0 bridgehead atoms. The molecule has 0 spiro atoms. The van der Waals surface area contributed by atoms with E-state index >= 15 is 0 Å². The Hall–Kier alpha value is -0.120. The highest BCUT2D eigenvalue weighted by Crippen LogP contribution is 2.49. The van der Waals surface area contributed by atoms with Crippen molar-refractivity contribution < 1.29 is 0 Å². The monoisotopic (exact) mass is 237 g/mol. The van der Waals surface area contributed by atoms with Crippen LogP contribution in [0.15, 0.2) is 0 Å². The van der Waals surface area contributed by atoms with Crippen LogP contribution < -0.4 is 5.73 Å². The molecule has 0 aromatic rings. The molecule has 2 aliphatic heterocycles. The summed E-state index contributed by atoms with van der Waals surface area (Å²) in [6.45, 7) is 7.57. The molecule has 3 aliphatic rings. The van der Waals surface area contributed by atoms with Gasteiger partial charge in [-0.15, -0.1) is 0 Å². The molecule has 1 saturated carbocycles. The van der Waals surface area contributed by atoms with Gasteiger partial charge >= 0.3 is 0 Å². The van der Waals surface area contributed by atoms with Crippen molar-refractivity contribution in [1.82, 2.24) is 9.80 Å². The number of nitrogens with two attached hydrogens (primary N) is 1. The van der Waals surface area contributed by atoms with Crippen LogP contribution >= 0.6 is 0 Å². The number of hydrogen-bond donors (Lipinski definition) is 1. The van der Waals surface area contributed by atoms with E-state index < -0.39 is 0 Å². The second kappa shape index (κ2) is 4.87.